The minimum Gasteiger partial charge on any atom is -0.481 e. The van der Waals surface area contributed by atoms with Crippen molar-refractivity contribution in [3.05, 3.63) is 65.5 Å². The summed E-state index contributed by atoms with van der Waals surface area (Å²) >= 11 is 0. The minimum absolute atomic E-state index is 0.0278. The zero-order valence-corrected chi connectivity index (χ0v) is 19.1. The van der Waals surface area contributed by atoms with Crippen LogP contribution in [0, 0.1) is 11.8 Å². The van der Waals surface area contributed by atoms with Gasteiger partial charge in [-0.15, -0.1) is 5.10 Å². The summed E-state index contributed by atoms with van der Waals surface area (Å²) < 4.78 is 5.48. The highest BCUT2D eigenvalue weighted by Crippen LogP contribution is 2.44. The number of hydrogen-bond acceptors (Lipinski definition) is 6. The number of H-pyrrole nitrogens is 1. The van der Waals surface area contributed by atoms with Gasteiger partial charge in [0.25, 0.3) is 11.9 Å². The third-order valence-corrected chi connectivity index (χ3v) is 6.76. The second kappa shape index (κ2) is 9.21. The molecule has 2 aromatic carbocycles. The number of hydrogen-bond donors (Lipinski definition) is 3. The van der Waals surface area contributed by atoms with Gasteiger partial charge in [-0.05, 0) is 34.6 Å². The third-order valence-electron chi connectivity index (χ3n) is 6.76. The van der Waals surface area contributed by atoms with Crippen LogP contribution < -0.4 is 5.32 Å². The van der Waals surface area contributed by atoms with Gasteiger partial charge in [-0.1, -0.05) is 55.5 Å². The first-order valence-corrected chi connectivity index (χ1v) is 11.5. The van der Waals surface area contributed by atoms with Crippen molar-refractivity contribution in [1.29, 1.82) is 0 Å². The number of fused-ring (bicyclic) bond motifs is 3. The quantitative estimate of drug-likeness (QED) is 0.514. The fourth-order valence-corrected chi connectivity index (χ4v) is 4.99. The molecule has 3 aromatic rings. The molecule has 10 heteroatoms. The summed E-state index contributed by atoms with van der Waals surface area (Å²) in [4.78, 5) is 42.1. The number of aliphatic carboxylic acids is 1. The van der Waals surface area contributed by atoms with E-state index >= 15 is 0 Å². The van der Waals surface area contributed by atoms with E-state index in [0.29, 0.717) is 19.5 Å². The first kappa shape index (κ1) is 22.6. The number of benzene rings is 2. The van der Waals surface area contributed by atoms with Crippen LogP contribution in [0.2, 0.25) is 0 Å². The predicted molar refractivity (Wildman–Crippen MR) is 126 cm³/mol. The lowest BCUT2D eigenvalue weighted by molar-refractivity contribution is -0.145. The van der Waals surface area contributed by atoms with Gasteiger partial charge in [0.05, 0.1) is 5.92 Å². The Balaban J connectivity index is 1.19. The molecule has 2 unspecified atom stereocenters. The zero-order chi connectivity index (χ0) is 24.5. The lowest BCUT2D eigenvalue weighted by Crippen LogP contribution is -2.45. The molecule has 2 atom stereocenters. The summed E-state index contributed by atoms with van der Waals surface area (Å²) in [5.74, 6) is -2.06. The molecular formula is C25H25N5O5. The van der Waals surface area contributed by atoms with Crippen molar-refractivity contribution >= 4 is 23.9 Å². The van der Waals surface area contributed by atoms with Gasteiger partial charge in [0.2, 0.25) is 5.82 Å². The van der Waals surface area contributed by atoms with Crippen LogP contribution in [0.25, 0.3) is 11.1 Å². The molecule has 5 rings (SSSR count). The van der Waals surface area contributed by atoms with Crippen molar-refractivity contribution in [2.24, 2.45) is 11.8 Å². The van der Waals surface area contributed by atoms with Crippen molar-refractivity contribution in [1.82, 2.24) is 20.1 Å². The van der Waals surface area contributed by atoms with E-state index in [1.54, 1.807) is 4.90 Å². The first-order valence-electron chi connectivity index (χ1n) is 11.5. The van der Waals surface area contributed by atoms with Gasteiger partial charge < -0.3 is 14.7 Å². The number of carboxylic acids is 1. The van der Waals surface area contributed by atoms with Crippen LogP contribution in [0.4, 0.5) is 10.7 Å². The van der Waals surface area contributed by atoms with Gasteiger partial charge in [-0.25, -0.2) is 4.79 Å². The minimum atomic E-state index is -0.848. The van der Waals surface area contributed by atoms with Crippen LogP contribution >= 0.6 is 0 Å². The van der Waals surface area contributed by atoms with Gasteiger partial charge in [0.1, 0.15) is 6.61 Å². The summed E-state index contributed by atoms with van der Waals surface area (Å²) in [5.41, 5.74) is 4.48. The average Bonchev–Trinajstić information content (AvgIpc) is 3.44. The van der Waals surface area contributed by atoms with Crippen LogP contribution in [-0.2, 0) is 9.53 Å². The molecule has 1 aliphatic carbocycles. The second-order valence-electron chi connectivity index (χ2n) is 8.92. The molecular weight excluding hydrogens is 450 g/mol. The van der Waals surface area contributed by atoms with E-state index in [0.717, 1.165) is 22.3 Å². The molecule has 2 aliphatic rings. The Hall–Kier alpha value is -4.21. The number of aromatic nitrogens is 3. The Kier molecular flexibility index (Phi) is 5.94. The monoisotopic (exact) mass is 475 g/mol. The van der Waals surface area contributed by atoms with E-state index in [4.69, 9.17) is 4.74 Å². The molecule has 0 saturated carbocycles. The number of nitrogens with zero attached hydrogens (tertiary/aromatic N) is 3. The van der Waals surface area contributed by atoms with E-state index in [-0.39, 0.29) is 30.2 Å². The van der Waals surface area contributed by atoms with Crippen LogP contribution in [0.3, 0.4) is 0 Å². The number of likely N-dealkylation sites (tertiary alicyclic amines) is 1. The molecule has 0 bridgehead atoms. The summed E-state index contributed by atoms with van der Waals surface area (Å²) in [6.45, 7) is 2.58. The highest BCUT2D eigenvalue weighted by molar-refractivity contribution is 5.91. The number of rotatable bonds is 5. The topological polar surface area (TPSA) is 138 Å². The number of ether oxygens (including phenoxy) is 1. The Bertz CT molecular complexity index is 1240. The normalized spacial score (nSPS) is 19.1. The molecule has 3 N–H and O–H groups in total. The van der Waals surface area contributed by atoms with Crippen LogP contribution in [0.15, 0.2) is 48.5 Å². The Morgan fingerprint density at radius 3 is 2.40 bits per heavy atom. The molecule has 35 heavy (non-hydrogen) atoms. The van der Waals surface area contributed by atoms with E-state index < -0.39 is 23.9 Å². The molecule has 1 aromatic heterocycles. The van der Waals surface area contributed by atoms with Crippen LogP contribution in [0.1, 0.15) is 41.0 Å². The number of aromatic amines is 1. The van der Waals surface area contributed by atoms with Gasteiger partial charge >= 0.3 is 12.1 Å². The number of carboxylic acid groups (broad SMARTS) is 1. The number of anilines is 1. The number of amides is 2. The molecule has 2 amide bonds. The van der Waals surface area contributed by atoms with Crippen molar-refractivity contribution in [2.75, 3.05) is 25.0 Å². The summed E-state index contributed by atoms with van der Waals surface area (Å²) in [6, 6.07) is 16.1. The summed E-state index contributed by atoms with van der Waals surface area (Å²) in [7, 11) is 0. The lowest BCUT2D eigenvalue weighted by Gasteiger charge is -2.34. The maximum atomic E-state index is 12.8. The SMILES string of the molecule is CC1CN(C(=O)c2nc(NC(=O)OCC3c4ccccc4-c4ccccc43)n[nH]2)CCC1C(=O)O. The largest absolute Gasteiger partial charge is 0.481 e. The van der Waals surface area contributed by atoms with E-state index in [2.05, 4.69) is 32.6 Å². The number of carbonyl (C=O) groups is 3. The first-order chi connectivity index (χ1) is 16.9. The molecule has 180 valence electrons. The number of piperidine rings is 1. The Labute approximate surface area is 201 Å². The molecule has 0 spiro atoms. The molecule has 10 nitrogen and oxygen atoms in total. The molecule has 1 saturated heterocycles. The lowest BCUT2D eigenvalue weighted by atomic mass is 9.87. The highest BCUT2D eigenvalue weighted by atomic mass is 16.5. The van der Waals surface area contributed by atoms with Crippen molar-refractivity contribution in [2.45, 2.75) is 19.3 Å². The zero-order valence-electron chi connectivity index (χ0n) is 19.1. The highest BCUT2D eigenvalue weighted by Gasteiger charge is 2.34. The Morgan fingerprint density at radius 1 is 1.11 bits per heavy atom. The van der Waals surface area contributed by atoms with Crippen LogP contribution in [0.5, 0.6) is 0 Å². The van der Waals surface area contributed by atoms with Gasteiger partial charge in [0, 0.05) is 19.0 Å². The van der Waals surface area contributed by atoms with Gasteiger partial charge in [0.15, 0.2) is 0 Å². The van der Waals surface area contributed by atoms with Crippen molar-refractivity contribution in [3.63, 3.8) is 0 Å². The van der Waals surface area contributed by atoms with E-state index in [1.165, 1.54) is 0 Å². The van der Waals surface area contributed by atoms with E-state index in [1.807, 2.05) is 43.3 Å². The van der Waals surface area contributed by atoms with Gasteiger partial charge in [-0.3, -0.25) is 20.0 Å². The van der Waals surface area contributed by atoms with Crippen molar-refractivity contribution < 1.29 is 24.2 Å². The second-order valence-corrected chi connectivity index (χ2v) is 8.92. The maximum absolute atomic E-state index is 12.8. The summed E-state index contributed by atoms with van der Waals surface area (Å²) in [6.07, 6.45) is -0.345. The average molecular weight is 476 g/mol. The van der Waals surface area contributed by atoms with Crippen LogP contribution in [-0.4, -0.2) is 62.9 Å². The third kappa shape index (κ3) is 4.34. The standard InChI is InChI=1S/C25H25N5O5/c1-14-12-30(11-10-15(14)23(32)33)22(31)21-26-24(29-28-21)27-25(34)35-13-20-18-8-4-2-6-16(18)17-7-3-5-9-19(17)20/h2-9,14-15,20H,10-13H2,1H3,(H,32,33)(H2,26,27,28,29,34). The predicted octanol–water partition coefficient (Wildman–Crippen LogP) is 3.35. The molecule has 1 aliphatic heterocycles. The fourth-order valence-electron chi connectivity index (χ4n) is 4.99. The van der Waals surface area contributed by atoms with E-state index in [9.17, 15) is 19.5 Å². The van der Waals surface area contributed by atoms with Crippen molar-refractivity contribution in [3.8, 4) is 11.1 Å². The fraction of sp³-hybridized carbons (Fsp3) is 0.320. The number of carbonyl (C=O) groups excluding carboxylic acids is 2. The summed E-state index contributed by atoms with van der Waals surface area (Å²) in [5, 5.41) is 18.2. The molecule has 0 radical (unpaired) electrons. The Morgan fingerprint density at radius 2 is 1.77 bits per heavy atom. The van der Waals surface area contributed by atoms with Gasteiger partial charge in [-0.2, -0.15) is 4.98 Å². The molecule has 1 fully saturated rings. The number of nitrogens with one attached hydrogen (secondary N) is 2. The smallest absolute Gasteiger partial charge is 0.414 e. The maximum Gasteiger partial charge on any atom is 0.414 e. The molecule has 2 heterocycles.